The number of ether oxygens (including phenoxy) is 1. The van der Waals surface area contributed by atoms with Gasteiger partial charge in [-0.25, -0.2) is 0 Å². The summed E-state index contributed by atoms with van der Waals surface area (Å²) in [4.78, 5) is 26.9. The summed E-state index contributed by atoms with van der Waals surface area (Å²) in [5.74, 6) is -0.140. The molecule has 2 heterocycles. The molecule has 8 heteroatoms. The van der Waals surface area contributed by atoms with Crippen molar-refractivity contribution in [2.45, 2.75) is 43.8 Å². The maximum absolute atomic E-state index is 13.5. The van der Waals surface area contributed by atoms with Crippen LogP contribution in [0.5, 0.6) is 5.75 Å². The molecule has 0 bridgehead atoms. The van der Waals surface area contributed by atoms with Crippen molar-refractivity contribution >= 4 is 11.5 Å². The van der Waals surface area contributed by atoms with Gasteiger partial charge in [-0.05, 0) is 48.9 Å². The normalized spacial score (nSPS) is 19.7. The zero-order valence-corrected chi connectivity index (χ0v) is 16.3. The molecule has 1 aliphatic heterocycles. The van der Waals surface area contributed by atoms with E-state index in [2.05, 4.69) is 10.3 Å². The van der Waals surface area contributed by atoms with Crippen LogP contribution >= 0.6 is 0 Å². The van der Waals surface area contributed by atoms with Crippen molar-refractivity contribution in [2.75, 3.05) is 7.11 Å². The second kappa shape index (κ2) is 7.66. The highest BCUT2D eigenvalue weighted by Crippen LogP contribution is 2.40. The molecule has 2 fully saturated rings. The number of aromatic amines is 1. The van der Waals surface area contributed by atoms with Crippen LogP contribution in [0.25, 0.3) is 5.57 Å². The molecule has 1 aromatic heterocycles. The minimum absolute atomic E-state index is 0.112. The second-order valence-corrected chi connectivity index (χ2v) is 7.64. The average molecular weight is 418 g/mol. The van der Waals surface area contributed by atoms with Crippen molar-refractivity contribution in [3.8, 4) is 5.75 Å². The number of alkyl halides is 3. The molecule has 1 saturated heterocycles. The van der Waals surface area contributed by atoms with Gasteiger partial charge >= 0.3 is 6.18 Å². The van der Waals surface area contributed by atoms with E-state index in [0.29, 0.717) is 29.7 Å². The molecule has 0 unspecified atom stereocenters. The SMILES string of the molecule is COc1ccc(/C(=C/[C@H]2CCC(=O)N2)c2ccc(C3CC3)c(=O)[nH]2)cc1C(F)(F)F. The molecule has 1 amide bonds. The molecule has 1 aliphatic carbocycles. The zero-order valence-electron chi connectivity index (χ0n) is 16.3. The lowest BCUT2D eigenvalue weighted by Crippen LogP contribution is -2.24. The summed E-state index contributed by atoms with van der Waals surface area (Å²) in [7, 11) is 1.18. The second-order valence-electron chi connectivity index (χ2n) is 7.64. The number of H-pyrrole nitrogens is 1. The van der Waals surface area contributed by atoms with Gasteiger partial charge < -0.3 is 15.0 Å². The number of aromatic nitrogens is 1. The predicted molar refractivity (Wildman–Crippen MR) is 105 cm³/mol. The average Bonchev–Trinajstić information content (AvgIpc) is 3.46. The molecule has 2 aliphatic rings. The number of carbonyl (C=O) groups excluding carboxylic acids is 1. The topological polar surface area (TPSA) is 71.2 Å². The largest absolute Gasteiger partial charge is 0.496 e. The third kappa shape index (κ3) is 4.13. The highest BCUT2D eigenvalue weighted by molar-refractivity contribution is 5.82. The van der Waals surface area contributed by atoms with Gasteiger partial charge in [0, 0.05) is 29.3 Å². The number of halogens is 3. The number of carbonyl (C=O) groups is 1. The maximum atomic E-state index is 13.5. The quantitative estimate of drug-likeness (QED) is 0.771. The molecular formula is C22H21F3N2O3. The Kier molecular flexibility index (Phi) is 5.17. The van der Waals surface area contributed by atoms with Crippen LogP contribution in [-0.4, -0.2) is 24.0 Å². The van der Waals surface area contributed by atoms with Crippen LogP contribution in [0, 0.1) is 0 Å². The predicted octanol–water partition coefficient (Wildman–Crippen LogP) is 3.99. The van der Waals surface area contributed by atoms with E-state index < -0.39 is 11.7 Å². The molecule has 30 heavy (non-hydrogen) atoms. The smallest absolute Gasteiger partial charge is 0.419 e. The molecule has 2 N–H and O–H groups in total. The number of hydrogen-bond acceptors (Lipinski definition) is 3. The monoisotopic (exact) mass is 418 g/mol. The molecule has 0 spiro atoms. The maximum Gasteiger partial charge on any atom is 0.419 e. The third-order valence-electron chi connectivity index (χ3n) is 5.46. The van der Waals surface area contributed by atoms with Crippen molar-refractivity contribution in [1.82, 2.24) is 10.3 Å². The Hall–Kier alpha value is -3.03. The molecule has 2 aromatic rings. The van der Waals surface area contributed by atoms with Gasteiger partial charge in [0.2, 0.25) is 5.91 Å². The molecular weight excluding hydrogens is 397 g/mol. The molecule has 1 saturated carbocycles. The minimum Gasteiger partial charge on any atom is -0.496 e. The third-order valence-corrected chi connectivity index (χ3v) is 5.46. The first kappa shape index (κ1) is 20.3. The molecule has 1 aromatic carbocycles. The summed E-state index contributed by atoms with van der Waals surface area (Å²) in [6.07, 6.45) is -0.0808. The lowest BCUT2D eigenvalue weighted by atomic mass is 9.96. The lowest BCUT2D eigenvalue weighted by molar-refractivity contribution is -0.138. The van der Waals surface area contributed by atoms with Crippen LogP contribution in [0.2, 0.25) is 0 Å². The standard InChI is InChI=1S/C22H21F3N2O3/c1-30-19-8-4-13(10-17(19)22(23,24)25)16(11-14-5-9-20(28)26-14)18-7-6-15(12-2-3-12)21(29)27-18/h4,6-8,10-12,14H,2-3,5,9H2,1H3,(H,26,28)(H,27,29)/b16-11-/t14-/m1/s1. The fourth-order valence-electron chi connectivity index (χ4n) is 3.76. The Bertz CT molecular complexity index is 1070. The molecule has 0 radical (unpaired) electrons. The van der Waals surface area contributed by atoms with Crippen molar-refractivity contribution < 1.29 is 22.7 Å². The van der Waals surface area contributed by atoms with E-state index in [9.17, 15) is 22.8 Å². The van der Waals surface area contributed by atoms with Crippen LogP contribution in [0.4, 0.5) is 13.2 Å². The minimum atomic E-state index is -4.60. The highest BCUT2D eigenvalue weighted by atomic mass is 19.4. The van der Waals surface area contributed by atoms with E-state index >= 15 is 0 Å². The van der Waals surface area contributed by atoms with Gasteiger partial charge in [0.25, 0.3) is 5.56 Å². The van der Waals surface area contributed by atoms with Crippen LogP contribution in [0.15, 0.2) is 41.2 Å². The summed E-state index contributed by atoms with van der Waals surface area (Å²) < 4.78 is 45.5. The number of methoxy groups -OCH3 is 1. The van der Waals surface area contributed by atoms with Crippen molar-refractivity contribution in [1.29, 1.82) is 0 Å². The number of hydrogen-bond donors (Lipinski definition) is 2. The van der Waals surface area contributed by atoms with Crippen molar-refractivity contribution in [2.24, 2.45) is 0 Å². The van der Waals surface area contributed by atoms with E-state index in [-0.39, 0.29) is 34.7 Å². The van der Waals surface area contributed by atoms with Gasteiger partial charge in [0.1, 0.15) is 5.75 Å². The summed E-state index contributed by atoms with van der Waals surface area (Å²) in [6.45, 7) is 0. The Morgan fingerprint density at radius 2 is 1.90 bits per heavy atom. The van der Waals surface area contributed by atoms with E-state index in [1.807, 2.05) is 0 Å². The van der Waals surface area contributed by atoms with Gasteiger partial charge in [-0.1, -0.05) is 18.2 Å². The van der Waals surface area contributed by atoms with Crippen LogP contribution in [0.1, 0.15) is 54.0 Å². The number of amides is 1. The molecule has 158 valence electrons. The summed E-state index contributed by atoms with van der Waals surface area (Å²) >= 11 is 0. The lowest BCUT2D eigenvalue weighted by Gasteiger charge is -2.17. The summed E-state index contributed by atoms with van der Waals surface area (Å²) in [5, 5.41) is 2.79. The van der Waals surface area contributed by atoms with Crippen molar-refractivity contribution in [3.05, 3.63) is 69.1 Å². The summed E-state index contributed by atoms with van der Waals surface area (Å²) in [6, 6.07) is 6.92. The number of pyridine rings is 1. The summed E-state index contributed by atoms with van der Waals surface area (Å²) in [5.41, 5.74) is 0.664. The molecule has 5 nitrogen and oxygen atoms in total. The van der Waals surface area contributed by atoms with Gasteiger partial charge in [-0.2, -0.15) is 13.2 Å². The first-order valence-corrected chi connectivity index (χ1v) is 9.76. The Labute approximate surface area is 171 Å². The molecule has 4 rings (SSSR count). The van der Waals surface area contributed by atoms with Crippen molar-refractivity contribution in [3.63, 3.8) is 0 Å². The fourth-order valence-corrected chi connectivity index (χ4v) is 3.76. The zero-order chi connectivity index (χ0) is 21.5. The molecule has 1 atom stereocenters. The van der Waals surface area contributed by atoms with Crippen LogP contribution in [-0.2, 0) is 11.0 Å². The fraction of sp³-hybridized carbons (Fsp3) is 0.364. The van der Waals surface area contributed by atoms with Gasteiger partial charge in [0.05, 0.1) is 12.7 Å². The van der Waals surface area contributed by atoms with Gasteiger partial charge in [-0.15, -0.1) is 0 Å². The number of rotatable bonds is 5. The van der Waals surface area contributed by atoms with Gasteiger partial charge in [0.15, 0.2) is 0 Å². The Morgan fingerprint density at radius 3 is 2.47 bits per heavy atom. The Morgan fingerprint density at radius 1 is 1.13 bits per heavy atom. The van der Waals surface area contributed by atoms with E-state index in [0.717, 1.165) is 18.9 Å². The van der Waals surface area contributed by atoms with Gasteiger partial charge in [-0.3, -0.25) is 9.59 Å². The highest BCUT2D eigenvalue weighted by Gasteiger charge is 2.35. The number of benzene rings is 1. The van der Waals surface area contributed by atoms with Crippen LogP contribution in [0.3, 0.4) is 0 Å². The van der Waals surface area contributed by atoms with Crippen LogP contribution < -0.4 is 15.6 Å². The first-order valence-electron chi connectivity index (χ1n) is 9.76. The number of nitrogens with one attached hydrogen (secondary N) is 2. The van der Waals surface area contributed by atoms with E-state index in [1.165, 1.54) is 19.2 Å². The first-order chi connectivity index (χ1) is 14.3. The van der Waals surface area contributed by atoms with E-state index in [1.54, 1.807) is 18.2 Å². The van der Waals surface area contributed by atoms with E-state index in [4.69, 9.17) is 4.74 Å². The Balaban J connectivity index is 1.82.